The second kappa shape index (κ2) is 6.71. The number of halogens is 2. The van der Waals surface area contributed by atoms with Gasteiger partial charge < -0.3 is 9.53 Å². The van der Waals surface area contributed by atoms with Crippen LogP contribution in [0.5, 0.6) is 5.75 Å². The number of ketones is 1. The zero-order valence-electron chi connectivity index (χ0n) is 13.9. The Balaban J connectivity index is 2.12. The first kappa shape index (κ1) is 16.6. The zero-order chi connectivity index (χ0) is 17.3. The number of methoxy groups -OCH3 is 1. The molecule has 0 saturated carbocycles. The van der Waals surface area contributed by atoms with Crippen LogP contribution in [0.3, 0.4) is 0 Å². The molecule has 0 aromatic heterocycles. The highest BCUT2D eigenvalue weighted by Gasteiger charge is 2.26. The number of hydrogen-bond acceptors (Lipinski definition) is 2. The Morgan fingerprint density at radius 2 is 1.75 bits per heavy atom. The summed E-state index contributed by atoms with van der Waals surface area (Å²) in [5.74, 6) is -0.899. The first-order chi connectivity index (χ1) is 11.5. The highest BCUT2D eigenvalue weighted by molar-refractivity contribution is 5.75. The molecular formula is C20H20F2O2. The Bertz CT molecular complexity index is 783. The molecule has 3 rings (SSSR count). The summed E-state index contributed by atoms with van der Waals surface area (Å²) in [5, 5.41) is 0. The average molecular weight is 330 g/mol. The number of hydrogen-bond donors (Lipinski definition) is 0. The van der Waals surface area contributed by atoms with Crippen LogP contribution in [-0.2, 0) is 17.6 Å². The van der Waals surface area contributed by atoms with Crippen molar-refractivity contribution in [2.45, 2.75) is 38.5 Å². The zero-order valence-corrected chi connectivity index (χ0v) is 13.9. The van der Waals surface area contributed by atoms with Crippen molar-refractivity contribution in [3.63, 3.8) is 0 Å². The van der Waals surface area contributed by atoms with Gasteiger partial charge in [-0.1, -0.05) is 6.07 Å². The van der Waals surface area contributed by atoms with Crippen LogP contribution in [0.4, 0.5) is 8.78 Å². The lowest BCUT2D eigenvalue weighted by atomic mass is 9.84. The number of aryl methyl sites for hydroxylation is 2. The van der Waals surface area contributed by atoms with E-state index in [0.29, 0.717) is 19.3 Å². The van der Waals surface area contributed by atoms with Crippen molar-refractivity contribution >= 4 is 5.78 Å². The molecule has 0 spiro atoms. The summed E-state index contributed by atoms with van der Waals surface area (Å²) < 4.78 is 32.8. The Morgan fingerprint density at radius 1 is 1.08 bits per heavy atom. The Hall–Kier alpha value is -2.23. The fourth-order valence-corrected chi connectivity index (χ4v) is 3.51. The van der Waals surface area contributed by atoms with Gasteiger partial charge in [0.05, 0.1) is 7.11 Å². The highest BCUT2D eigenvalue weighted by Crippen LogP contribution is 2.39. The molecule has 0 aliphatic heterocycles. The van der Waals surface area contributed by atoms with Crippen molar-refractivity contribution in [1.29, 1.82) is 0 Å². The summed E-state index contributed by atoms with van der Waals surface area (Å²) in [7, 11) is 1.62. The Kier molecular flexibility index (Phi) is 4.65. The van der Waals surface area contributed by atoms with Crippen molar-refractivity contribution in [2.24, 2.45) is 0 Å². The normalized spacial score (nSPS) is 16.1. The molecular weight excluding hydrogens is 310 g/mol. The van der Waals surface area contributed by atoms with Gasteiger partial charge in [-0.2, -0.15) is 0 Å². The lowest BCUT2D eigenvalue weighted by molar-refractivity contribution is -0.117. The number of ether oxygens (including phenoxy) is 1. The van der Waals surface area contributed by atoms with E-state index in [4.69, 9.17) is 4.74 Å². The molecule has 2 aromatic rings. The largest absolute Gasteiger partial charge is 0.497 e. The second-order valence-corrected chi connectivity index (χ2v) is 6.32. The van der Waals surface area contributed by atoms with Gasteiger partial charge in [0.1, 0.15) is 11.5 Å². The molecule has 2 aromatic carbocycles. The smallest absolute Gasteiger partial charge is 0.159 e. The summed E-state index contributed by atoms with van der Waals surface area (Å²) >= 11 is 0. The first-order valence-corrected chi connectivity index (χ1v) is 8.13. The van der Waals surface area contributed by atoms with Gasteiger partial charge in [-0.15, -0.1) is 0 Å². The molecule has 1 aliphatic rings. The molecule has 126 valence electrons. The summed E-state index contributed by atoms with van der Waals surface area (Å²) in [4.78, 5) is 11.5. The molecule has 0 fully saturated rings. The standard InChI is InChI=1S/C20H20F2O2/c1-12(23)3-7-17-16-8-6-15(24-2)9-13(16)4-5-14-10-19(21)20(22)11-18(14)17/h6,8-11,17H,3-5,7H2,1-2H3. The van der Waals surface area contributed by atoms with Gasteiger partial charge in [-0.25, -0.2) is 8.78 Å². The Morgan fingerprint density at radius 3 is 2.42 bits per heavy atom. The summed E-state index contributed by atoms with van der Waals surface area (Å²) in [6.07, 6.45) is 2.38. The van der Waals surface area contributed by atoms with E-state index in [1.165, 1.54) is 12.1 Å². The van der Waals surface area contributed by atoms with Crippen LogP contribution in [0.25, 0.3) is 0 Å². The lowest BCUT2D eigenvalue weighted by Gasteiger charge is -2.20. The van der Waals surface area contributed by atoms with E-state index in [-0.39, 0.29) is 11.7 Å². The van der Waals surface area contributed by atoms with Crippen molar-refractivity contribution in [2.75, 3.05) is 7.11 Å². The van der Waals surface area contributed by atoms with Gasteiger partial charge >= 0.3 is 0 Å². The molecule has 0 amide bonds. The fraction of sp³-hybridized carbons (Fsp3) is 0.350. The van der Waals surface area contributed by atoms with Gasteiger partial charge in [0, 0.05) is 12.3 Å². The molecule has 0 heterocycles. The minimum absolute atomic E-state index is 0.0958. The van der Waals surface area contributed by atoms with Gasteiger partial charge in [0.25, 0.3) is 0 Å². The molecule has 0 bridgehead atoms. The maximum atomic E-state index is 13.8. The molecule has 1 unspecified atom stereocenters. The maximum Gasteiger partial charge on any atom is 0.159 e. The maximum absolute atomic E-state index is 13.8. The molecule has 0 N–H and O–H groups in total. The van der Waals surface area contributed by atoms with Crippen LogP contribution in [0.1, 0.15) is 47.9 Å². The minimum Gasteiger partial charge on any atom is -0.497 e. The third-order valence-corrected chi connectivity index (χ3v) is 4.73. The van der Waals surface area contributed by atoms with Crippen molar-refractivity contribution in [3.8, 4) is 5.75 Å². The van der Waals surface area contributed by atoms with E-state index in [1.54, 1.807) is 14.0 Å². The monoisotopic (exact) mass is 330 g/mol. The fourth-order valence-electron chi connectivity index (χ4n) is 3.51. The predicted molar refractivity (Wildman–Crippen MR) is 88.5 cm³/mol. The van der Waals surface area contributed by atoms with Gasteiger partial charge in [-0.3, -0.25) is 0 Å². The first-order valence-electron chi connectivity index (χ1n) is 8.13. The lowest BCUT2D eigenvalue weighted by Crippen LogP contribution is -2.07. The van der Waals surface area contributed by atoms with E-state index < -0.39 is 11.6 Å². The summed E-state index contributed by atoms with van der Waals surface area (Å²) in [6.45, 7) is 1.55. The molecule has 1 atom stereocenters. The second-order valence-electron chi connectivity index (χ2n) is 6.32. The number of fused-ring (bicyclic) bond motifs is 2. The van der Waals surface area contributed by atoms with Crippen molar-refractivity contribution < 1.29 is 18.3 Å². The van der Waals surface area contributed by atoms with E-state index in [9.17, 15) is 13.6 Å². The number of carbonyl (C=O) groups excluding carboxylic acids is 1. The number of benzene rings is 2. The third kappa shape index (κ3) is 3.18. The minimum atomic E-state index is -0.835. The molecule has 1 aliphatic carbocycles. The van der Waals surface area contributed by atoms with E-state index in [0.717, 1.165) is 34.4 Å². The van der Waals surface area contributed by atoms with Crippen molar-refractivity contribution in [1.82, 2.24) is 0 Å². The molecule has 2 nitrogen and oxygen atoms in total. The molecule has 24 heavy (non-hydrogen) atoms. The van der Waals surface area contributed by atoms with Crippen LogP contribution in [0, 0.1) is 11.6 Å². The predicted octanol–water partition coefficient (Wildman–Crippen LogP) is 4.57. The van der Waals surface area contributed by atoms with E-state index in [1.807, 2.05) is 18.2 Å². The molecule has 4 heteroatoms. The van der Waals surface area contributed by atoms with Crippen LogP contribution in [0.2, 0.25) is 0 Å². The van der Waals surface area contributed by atoms with E-state index in [2.05, 4.69) is 0 Å². The third-order valence-electron chi connectivity index (χ3n) is 4.73. The number of rotatable bonds is 4. The van der Waals surface area contributed by atoms with Gasteiger partial charge in [-0.05, 0) is 72.7 Å². The topological polar surface area (TPSA) is 26.3 Å². The Labute approximate surface area is 140 Å². The highest BCUT2D eigenvalue weighted by atomic mass is 19.2. The SMILES string of the molecule is COc1ccc2c(c1)CCc1cc(F)c(F)cc1C2CCC(C)=O. The number of carbonyl (C=O) groups is 1. The van der Waals surface area contributed by atoms with Crippen LogP contribution < -0.4 is 4.74 Å². The summed E-state index contributed by atoms with van der Waals surface area (Å²) in [5.41, 5.74) is 3.79. The van der Waals surface area contributed by atoms with Gasteiger partial charge in [0.2, 0.25) is 0 Å². The van der Waals surface area contributed by atoms with Gasteiger partial charge in [0.15, 0.2) is 11.6 Å². The van der Waals surface area contributed by atoms with E-state index >= 15 is 0 Å². The quantitative estimate of drug-likeness (QED) is 0.820. The molecule has 0 radical (unpaired) electrons. The van der Waals surface area contributed by atoms with Crippen LogP contribution in [-0.4, -0.2) is 12.9 Å². The average Bonchev–Trinajstić information content (AvgIpc) is 2.70. The van der Waals surface area contributed by atoms with Crippen molar-refractivity contribution in [3.05, 3.63) is 64.2 Å². The molecule has 0 saturated heterocycles. The summed E-state index contributed by atoms with van der Waals surface area (Å²) in [6, 6.07) is 8.44. The van der Waals surface area contributed by atoms with Crippen LogP contribution in [0.15, 0.2) is 30.3 Å². The van der Waals surface area contributed by atoms with Crippen LogP contribution >= 0.6 is 0 Å². The number of Topliss-reactive ketones (excluding diaryl/α,β-unsaturated/α-hetero) is 1.